The quantitative estimate of drug-likeness (QED) is 0.923. The van der Waals surface area contributed by atoms with E-state index in [1.807, 2.05) is 6.07 Å². The molecule has 3 atom stereocenters. The molecular formula is C18H28N2O. The van der Waals surface area contributed by atoms with E-state index in [1.165, 1.54) is 5.56 Å². The summed E-state index contributed by atoms with van der Waals surface area (Å²) < 4.78 is 0. The van der Waals surface area contributed by atoms with Gasteiger partial charge in [0.2, 0.25) is 5.91 Å². The third kappa shape index (κ3) is 3.85. The maximum absolute atomic E-state index is 12.7. The van der Waals surface area contributed by atoms with Crippen molar-refractivity contribution < 1.29 is 4.79 Å². The van der Waals surface area contributed by atoms with Gasteiger partial charge >= 0.3 is 0 Å². The fraction of sp³-hybridized carbons (Fsp3) is 0.611. The van der Waals surface area contributed by atoms with Gasteiger partial charge in [-0.05, 0) is 31.2 Å². The standard InChI is InChI=1S/C18H28N2O/c1-13(2)17(16-8-6-5-7-9-16)12-18(21)20-11-10-19-14(3)15(20)4/h5-9,13-15,17,19H,10-12H2,1-4H3. The summed E-state index contributed by atoms with van der Waals surface area (Å²) in [6.45, 7) is 10.4. The number of hydrogen-bond donors (Lipinski definition) is 1. The lowest BCUT2D eigenvalue weighted by Crippen LogP contribution is -2.57. The van der Waals surface area contributed by atoms with E-state index in [4.69, 9.17) is 0 Å². The minimum absolute atomic E-state index is 0.273. The highest BCUT2D eigenvalue weighted by molar-refractivity contribution is 5.77. The number of benzene rings is 1. The molecule has 1 aliphatic rings. The molecule has 1 saturated heterocycles. The summed E-state index contributed by atoms with van der Waals surface area (Å²) in [4.78, 5) is 14.8. The van der Waals surface area contributed by atoms with Crippen LogP contribution in [-0.2, 0) is 4.79 Å². The van der Waals surface area contributed by atoms with E-state index in [-0.39, 0.29) is 6.04 Å². The highest BCUT2D eigenvalue weighted by atomic mass is 16.2. The lowest BCUT2D eigenvalue weighted by molar-refractivity contribution is -0.135. The van der Waals surface area contributed by atoms with Gasteiger partial charge in [-0.1, -0.05) is 44.2 Å². The minimum atomic E-state index is 0.273. The van der Waals surface area contributed by atoms with Crippen LogP contribution in [0.2, 0.25) is 0 Å². The highest BCUT2D eigenvalue weighted by Crippen LogP contribution is 2.29. The maximum Gasteiger partial charge on any atom is 0.223 e. The summed E-state index contributed by atoms with van der Waals surface area (Å²) in [5.41, 5.74) is 1.27. The van der Waals surface area contributed by atoms with Crippen molar-refractivity contribution in [1.29, 1.82) is 0 Å². The van der Waals surface area contributed by atoms with Crippen LogP contribution in [0.1, 0.15) is 45.6 Å². The van der Waals surface area contributed by atoms with Gasteiger partial charge in [-0.2, -0.15) is 0 Å². The Kier molecular flexibility index (Phi) is 5.40. The number of hydrogen-bond acceptors (Lipinski definition) is 2. The van der Waals surface area contributed by atoms with Gasteiger partial charge in [0.15, 0.2) is 0 Å². The van der Waals surface area contributed by atoms with Gasteiger partial charge in [-0.15, -0.1) is 0 Å². The first-order valence-corrected chi connectivity index (χ1v) is 8.08. The van der Waals surface area contributed by atoms with Crippen LogP contribution in [0.25, 0.3) is 0 Å². The number of nitrogens with zero attached hydrogens (tertiary/aromatic N) is 1. The number of carbonyl (C=O) groups excluding carboxylic acids is 1. The number of amides is 1. The van der Waals surface area contributed by atoms with Gasteiger partial charge in [-0.3, -0.25) is 4.79 Å². The predicted octanol–water partition coefficient (Wildman–Crippen LogP) is 3.03. The Bertz CT molecular complexity index is 458. The monoisotopic (exact) mass is 288 g/mol. The zero-order valence-corrected chi connectivity index (χ0v) is 13.7. The van der Waals surface area contributed by atoms with Crippen LogP contribution in [0.5, 0.6) is 0 Å². The third-order valence-corrected chi connectivity index (χ3v) is 4.78. The first-order chi connectivity index (χ1) is 10.0. The smallest absolute Gasteiger partial charge is 0.223 e. The van der Waals surface area contributed by atoms with E-state index in [2.05, 4.69) is 62.2 Å². The molecule has 1 amide bonds. The van der Waals surface area contributed by atoms with Gasteiger partial charge in [0.1, 0.15) is 0 Å². The van der Waals surface area contributed by atoms with Gasteiger partial charge in [0.05, 0.1) is 0 Å². The molecule has 1 fully saturated rings. The van der Waals surface area contributed by atoms with Crippen molar-refractivity contribution in [2.45, 2.75) is 52.1 Å². The molecule has 116 valence electrons. The molecule has 0 aromatic heterocycles. The van der Waals surface area contributed by atoms with Crippen LogP contribution in [0.4, 0.5) is 0 Å². The number of carbonyl (C=O) groups is 1. The third-order valence-electron chi connectivity index (χ3n) is 4.78. The zero-order chi connectivity index (χ0) is 15.4. The maximum atomic E-state index is 12.7. The number of piperazine rings is 1. The normalized spacial score (nSPS) is 24.1. The van der Waals surface area contributed by atoms with E-state index >= 15 is 0 Å². The Morgan fingerprint density at radius 3 is 2.57 bits per heavy atom. The molecule has 2 rings (SSSR count). The lowest BCUT2D eigenvalue weighted by Gasteiger charge is -2.39. The SMILES string of the molecule is CC(C)C(CC(=O)N1CCNC(C)C1C)c1ccccc1. The molecule has 1 N–H and O–H groups in total. The van der Waals surface area contributed by atoms with Crippen molar-refractivity contribution in [3.05, 3.63) is 35.9 Å². The Morgan fingerprint density at radius 2 is 1.95 bits per heavy atom. The molecule has 21 heavy (non-hydrogen) atoms. The summed E-state index contributed by atoms with van der Waals surface area (Å²) in [5.74, 6) is 1.06. The average Bonchev–Trinajstić information content (AvgIpc) is 2.48. The molecule has 3 nitrogen and oxygen atoms in total. The van der Waals surface area contributed by atoms with Crippen molar-refractivity contribution >= 4 is 5.91 Å². The summed E-state index contributed by atoms with van der Waals surface area (Å²) >= 11 is 0. The molecule has 1 aromatic carbocycles. The number of rotatable bonds is 4. The van der Waals surface area contributed by atoms with Crippen LogP contribution in [0.3, 0.4) is 0 Å². The Hall–Kier alpha value is -1.35. The lowest BCUT2D eigenvalue weighted by atomic mass is 9.85. The molecule has 0 aliphatic carbocycles. The highest BCUT2D eigenvalue weighted by Gasteiger charge is 2.30. The van der Waals surface area contributed by atoms with Gasteiger partial charge < -0.3 is 10.2 Å². The van der Waals surface area contributed by atoms with Crippen molar-refractivity contribution in [3.8, 4) is 0 Å². The van der Waals surface area contributed by atoms with Crippen molar-refractivity contribution in [1.82, 2.24) is 10.2 Å². The fourth-order valence-electron chi connectivity index (χ4n) is 3.15. The average molecular weight is 288 g/mol. The fourth-order valence-corrected chi connectivity index (χ4v) is 3.15. The topological polar surface area (TPSA) is 32.3 Å². The Labute approximate surface area is 128 Å². The van der Waals surface area contributed by atoms with Crippen LogP contribution in [0.15, 0.2) is 30.3 Å². The largest absolute Gasteiger partial charge is 0.337 e. The molecule has 0 spiro atoms. The van der Waals surface area contributed by atoms with E-state index in [9.17, 15) is 4.79 Å². The second-order valence-electron chi connectivity index (χ2n) is 6.54. The van der Waals surface area contributed by atoms with Gasteiger partial charge in [0.25, 0.3) is 0 Å². The van der Waals surface area contributed by atoms with Crippen LogP contribution < -0.4 is 5.32 Å². The van der Waals surface area contributed by atoms with Gasteiger partial charge in [-0.25, -0.2) is 0 Å². The van der Waals surface area contributed by atoms with Crippen molar-refractivity contribution in [3.63, 3.8) is 0 Å². The molecule has 3 unspecified atom stereocenters. The predicted molar refractivity (Wildman–Crippen MR) is 87.3 cm³/mol. The summed E-state index contributed by atoms with van der Waals surface area (Å²) in [6, 6.07) is 11.1. The van der Waals surface area contributed by atoms with Crippen molar-refractivity contribution in [2.24, 2.45) is 5.92 Å². The van der Waals surface area contributed by atoms with Crippen LogP contribution in [-0.4, -0.2) is 36.0 Å². The summed E-state index contributed by atoms with van der Waals surface area (Å²) in [6.07, 6.45) is 0.610. The minimum Gasteiger partial charge on any atom is -0.337 e. The van der Waals surface area contributed by atoms with E-state index in [0.29, 0.717) is 30.2 Å². The molecular weight excluding hydrogens is 260 g/mol. The van der Waals surface area contributed by atoms with E-state index < -0.39 is 0 Å². The number of nitrogens with one attached hydrogen (secondary N) is 1. The van der Waals surface area contributed by atoms with E-state index in [1.54, 1.807) is 0 Å². The second kappa shape index (κ2) is 7.08. The van der Waals surface area contributed by atoms with E-state index in [0.717, 1.165) is 13.1 Å². The second-order valence-corrected chi connectivity index (χ2v) is 6.54. The summed E-state index contributed by atoms with van der Waals surface area (Å²) in [7, 11) is 0. The van der Waals surface area contributed by atoms with Crippen molar-refractivity contribution in [2.75, 3.05) is 13.1 Å². The Balaban J connectivity index is 2.08. The molecule has 1 aliphatic heterocycles. The molecule has 0 bridgehead atoms. The zero-order valence-electron chi connectivity index (χ0n) is 13.7. The van der Waals surface area contributed by atoms with Crippen LogP contribution in [0, 0.1) is 5.92 Å². The molecule has 1 heterocycles. The van der Waals surface area contributed by atoms with Gasteiger partial charge in [0, 0.05) is 31.6 Å². The first-order valence-electron chi connectivity index (χ1n) is 8.08. The molecule has 3 heteroatoms. The molecule has 1 aromatic rings. The first kappa shape index (κ1) is 16.0. The van der Waals surface area contributed by atoms with Crippen LogP contribution >= 0.6 is 0 Å². The molecule has 0 saturated carbocycles. The molecule has 0 radical (unpaired) electrons. The Morgan fingerprint density at radius 1 is 1.29 bits per heavy atom. The summed E-state index contributed by atoms with van der Waals surface area (Å²) in [5, 5.41) is 3.43.